The number of rotatable bonds is 12. The minimum absolute atomic E-state index is 0.0709. The Morgan fingerprint density at radius 1 is 1.20 bits per heavy atom. The minimum Gasteiger partial charge on any atom is -0.489 e. The van der Waals surface area contributed by atoms with Crippen molar-refractivity contribution in [1.29, 1.82) is 0 Å². The Balaban J connectivity index is 2.01. The summed E-state index contributed by atoms with van der Waals surface area (Å²) in [5.41, 5.74) is 0.363. The number of nitrogens with one attached hydrogen (secondary N) is 1. The molecule has 0 saturated heterocycles. The maximum Gasteiger partial charge on any atom is 0.323 e. The number of carbonyl (C=O) groups excluding carboxylic acids is 1. The molecule has 1 aliphatic heterocycles. The normalized spacial score (nSPS) is 17.2. The number of nitrogens with zero attached hydrogens (tertiary/aromatic N) is 2. The summed E-state index contributed by atoms with van der Waals surface area (Å²) in [5, 5.41) is 21.7. The standard InChI is InChI=1S/C21H31N3O6/c1-23(2)12-8-4-3-5-9-15(21(28)29)22-16-14-30-18-11-7-6-10-17(18)24(20(16)27)13-19(25)26/h6-7,10-11,15-16,22H,3-5,8-9,12-14H2,1-2H3,(H,25,26)(H,28,29)/t15-,16?/m0/s1. The smallest absolute Gasteiger partial charge is 0.323 e. The first-order chi connectivity index (χ1) is 14.3. The number of anilines is 1. The van der Waals surface area contributed by atoms with E-state index >= 15 is 0 Å². The van der Waals surface area contributed by atoms with Crippen LogP contribution in [0.2, 0.25) is 0 Å². The van der Waals surface area contributed by atoms with Crippen molar-refractivity contribution in [2.75, 3.05) is 38.7 Å². The van der Waals surface area contributed by atoms with Gasteiger partial charge in [-0.3, -0.25) is 24.6 Å². The van der Waals surface area contributed by atoms with Gasteiger partial charge in [-0.1, -0.05) is 31.4 Å². The number of hydrogen-bond acceptors (Lipinski definition) is 6. The number of ether oxygens (including phenoxy) is 1. The first kappa shape index (κ1) is 23.6. The number of carbonyl (C=O) groups is 3. The summed E-state index contributed by atoms with van der Waals surface area (Å²) in [7, 11) is 4.03. The van der Waals surface area contributed by atoms with Gasteiger partial charge in [0.05, 0.1) is 5.69 Å². The highest BCUT2D eigenvalue weighted by Gasteiger charge is 2.35. The number of aliphatic carboxylic acids is 2. The van der Waals surface area contributed by atoms with Gasteiger partial charge in [-0.25, -0.2) is 0 Å². The van der Waals surface area contributed by atoms with E-state index in [1.54, 1.807) is 24.3 Å². The molecule has 0 fully saturated rings. The van der Waals surface area contributed by atoms with Gasteiger partial charge in [0.2, 0.25) is 5.91 Å². The molecular formula is C21H31N3O6. The Morgan fingerprint density at radius 2 is 1.90 bits per heavy atom. The number of benzene rings is 1. The van der Waals surface area contributed by atoms with Gasteiger partial charge in [0, 0.05) is 0 Å². The lowest BCUT2D eigenvalue weighted by Crippen LogP contribution is -2.54. The van der Waals surface area contributed by atoms with Crippen molar-refractivity contribution < 1.29 is 29.3 Å². The molecule has 0 aromatic heterocycles. The molecule has 0 spiro atoms. The van der Waals surface area contributed by atoms with Gasteiger partial charge in [-0.15, -0.1) is 0 Å². The van der Waals surface area contributed by atoms with Crippen molar-refractivity contribution in [2.45, 2.75) is 44.2 Å². The molecule has 1 unspecified atom stereocenters. The number of hydrogen-bond donors (Lipinski definition) is 3. The van der Waals surface area contributed by atoms with Gasteiger partial charge in [0.1, 0.15) is 31.0 Å². The van der Waals surface area contributed by atoms with Crippen molar-refractivity contribution in [3.63, 3.8) is 0 Å². The molecule has 30 heavy (non-hydrogen) atoms. The fourth-order valence-electron chi connectivity index (χ4n) is 3.42. The fourth-order valence-corrected chi connectivity index (χ4v) is 3.42. The molecule has 0 saturated carbocycles. The van der Waals surface area contributed by atoms with E-state index < -0.39 is 36.5 Å². The summed E-state index contributed by atoms with van der Waals surface area (Å²) < 4.78 is 5.69. The first-order valence-electron chi connectivity index (χ1n) is 10.2. The van der Waals surface area contributed by atoms with Crippen LogP contribution in [-0.2, 0) is 14.4 Å². The molecular weight excluding hydrogens is 390 g/mol. The lowest BCUT2D eigenvalue weighted by atomic mass is 10.1. The van der Waals surface area contributed by atoms with Crippen molar-refractivity contribution in [1.82, 2.24) is 10.2 Å². The van der Waals surface area contributed by atoms with Gasteiger partial charge in [0.25, 0.3) is 0 Å². The van der Waals surface area contributed by atoms with E-state index in [0.717, 1.165) is 37.1 Å². The third-order valence-corrected chi connectivity index (χ3v) is 4.97. The van der Waals surface area contributed by atoms with Gasteiger partial charge < -0.3 is 19.8 Å². The molecule has 166 valence electrons. The molecule has 2 atom stereocenters. The second-order valence-electron chi connectivity index (χ2n) is 7.71. The van der Waals surface area contributed by atoms with Crippen LogP contribution >= 0.6 is 0 Å². The molecule has 1 amide bonds. The van der Waals surface area contributed by atoms with E-state index in [1.807, 2.05) is 14.1 Å². The van der Waals surface area contributed by atoms with Crippen molar-refractivity contribution >= 4 is 23.5 Å². The average Bonchev–Trinajstić information content (AvgIpc) is 2.81. The Hall–Kier alpha value is -2.65. The molecule has 1 aliphatic rings. The molecule has 0 aliphatic carbocycles. The molecule has 9 nitrogen and oxygen atoms in total. The summed E-state index contributed by atoms with van der Waals surface area (Å²) in [6.07, 6.45) is 4.07. The summed E-state index contributed by atoms with van der Waals surface area (Å²) in [5.74, 6) is -2.32. The predicted molar refractivity (Wildman–Crippen MR) is 112 cm³/mol. The minimum atomic E-state index is -1.16. The number of carboxylic acids is 2. The van der Waals surface area contributed by atoms with Crippen LogP contribution in [0.3, 0.4) is 0 Å². The maximum absolute atomic E-state index is 13.0. The zero-order valence-corrected chi connectivity index (χ0v) is 17.5. The predicted octanol–water partition coefficient (Wildman–Crippen LogP) is 1.42. The molecule has 0 radical (unpaired) electrons. The summed E-state index contributed by atoms with van der Waals surface area (Å²) in [6.45, 7) is 0.397. The average molecular weight is 421 g/mol. The Bertz CT molecular complexity index is 739. The Morgan fingerprint density at radius 3 is 2.57 bits per heavy atom. The van der Waals surface area contributed by atoms with E-state index in [-0.39, 0.29) is 6.61 Å². The SMILES string of the molecule is CN(C)CCCCCC[C@H](NC1COc2ccccc2N(CC(=O)O)C1=O)C(=O)O. The van der Waals surface area contributed by atoms with Crippen LogP contribution in [0.1, 0.15) is 32.1 Å². The van der Waals surface area contributed by atoms with Crippen LogP contribution < -0.4 is 15.0 Å². The summed E-state index contributed by atoms with van der Waals surface area (Å²) in [4.78, 5) is 39.3. The lowest BCUT2D eigenvalue weighted by molar-refractivity contribution is -0.141. The molecule has 1 aromatic carbocycles. The molecule has 9 heteroatoms. The lowest BCUT2D eigenvalue weighted by Gasteiger charge is -2.25. The second-order valence-corrected chi connectivity index (χ2v) is 7.71. The molecule has 1 aromatic rings. The quantitative estimate of drug-likeness (QED) is 0.434. The fraction of sp³-hybridized carbons (Fsp3) is 0.571. The zero-order valence-electron chi connectivity index (χ0n) is 17.5. The van der Waals surface area contributed by atoms with E-state index in [0.29, 0.717) is 17.9 Å². The molecule has 1 heterocycles. The highest BCUT2D eigenvalue weighted by atomic mass is 16.5. The van der Waals surface area contributed by atoms with Crippen molar-refractivity contribution in [3.8, 4) is 5.75 Å². The van der Waals surface area contributed by atoms with Crippen molar-refractivity contribution in [2.24, 2.45) is 0 Å². The Kier molecular flexibility index (Phi) is 9.07. The van der Waals surface area contributed by atoms with Crippen LogP contribution in [0.25, 0.3) is 0 Å². The van der Waals surface area contributed by atoms with Gasteiger partial charge in [-0.2, -0.15) is 0 Å². The van der Waals surface area contributed by atoms with E-state index in [9.17, 15) is 24.6 Å². The monoisotopic (exact) mass is 421 g/mol. The third-order valence-electron chi connectivity index (χ3n) is 4.97. The van der Waals surface area contributed by atoms with E-state index in [4.69, 9.17) is 4.74 Å². The number of carboxylic acid groups (broad SMARTS) is 2. The maximum atomic E-state index is 13.0. The molecule has 3 N–H and O–H groups in total. The van der Waals surface area contributed by atoms with Crippen LogP contribution in [0.15, 0.2) is 24.3 Å². The van der Waals surface area contributed by atoms with Gasteiger partial charge >= 0.3 is 11.9 Å². The van der Waals surface area contributed by atoms with Crippen LogP contribution in [0.4, 0.5) is 5.69 Å². The molecule has 2 rings (SSSR count). The third kappa shape index (κ3) is 7.00. The number of para-hydroxylation sites is 2. The first-order valence-corrected chi connectivity index (χ1v) is 10.2. The highest BCUT2D eigenvalue weighted by molar-refractivity contribution is 6.02. The molecule has 0 bridgehead atoms. The van der Waals surface area contributed by atoms with Crippen LogP contribution in [-0.4, -0.2) is 78.8 Å². The van der Waals surface area contributed by atoms with Gasteiger partial charge in [-0.05, 0) is 45.6 Å². The topological polar surface area (TPSA) is 119 Å². The number of unbranched alkanes of at least 4 members (excludes halogenated alkanes) is 3. The largest absolute Gasteiger partial charge is 0.489 e. The Labute approximate surface area is 176 Å². The van der Waals surface area contributed by atoms with Gasteiger partial charge in [0.15, 0.2) is 0 Å². The van der Waals surface area contributed by atoms with Crippen LogP contribution in [0, 0.1) is 0 Å². The number of fused-ring (bicyclic) bond motifs is 1. The van der Waals surface area contributed by atoms with Crippen molar-refractivity contribution in [3.05, 3.63) is 24.3 Å². The summed E-state index contributed by atoms with van der Waals surface area (Å²) in [6, 6.07) is 4.82. The summed E-state index contributed by atoms with van der Waals surface area (Å²) >= 11 is 0. The zero-order chi connectivity index (χ0) is 22.1. The van der Waals surface area contributed by atoms with Crippen LogP contribution in [0.5, 0.6) is 5.75 Å². The number of amides is 1. The van der Waals surface area contributed by atoms with E-state index in [1.165, 1.54) is 0 Å². The second kappa shape index (κ2) is 11.5. The van der Waals surface area contributed by atoms with E-state index in [2.05, 4.69) is 10.2 Å². The highest BCUT2D eigenvalue weighted by Crippen LogP contribution is 2.31.